The van der Waals surface area contributed by atoms with Gasteiger partial charge in [0, 0.05) is 132 Å². The molecule has 2 N–H and O–H groups in total. The summed E-state index contributed by atoms with van der Waals surface area (Å²) in [6.07, 6.45) is 18.4. The maximum atomic E-state index is 12.3. The van der Waals surface area contributed by atoms with Gasteiger partial charge in [0.1, 0.15) is 116 Å². The molecule has 0 aliphatic carbocycles. The van der Waals surface area contributed by atoms with Crippen LogP contribution in [-0.4, -0.2) is 142 Å². The van der Waals surface area contributed by atoms with Gasteiger partial charge in [-0.25, -0.2) is 0 Å². The summed E-state index contributed by atoms with van der Waals surface area (Å²) in [7, 11) is 4.63. The number of carbonyl (C=O) groups excluding carboxylic acids is 1. The van der Waals surface area contributed by atoms with Gasteiger partial charge in [-0.05, 0) is 242 Å². The van der Waals surface area contributed by atoms with Crippen molar-refractivity contribution in [1.82, 2.24) is 0 Å². The lowest BCUT2D eigenvalue weighted by atomic mass is 10.1. The number of ether oxygens (including phenoxy) is 4. The number of phenols is 2. The Morgan fingerprint density at radius 1 is 0.339 bits per heavy atom. The van der Waals surface area contributed by atoms with Crippen LogP contribution in [-0.2, 0) is 81.0 Å². The smallest absolute Gasteiger partial charge is 0.422 e. The minimum Gasteiger partial charge on any atom is -0.507 e. The molecule has 17 heteroatoms. The monoisotopic (exact) mass is 1770 g/mol. The summed E-state index contributed by atoms with van der Waals surface area (Å²) in [6.45, 7) is 7.41. The van der Waals surface area contributed by atoms with Gasteiger partial charge in [-0.15, -0.1) is 0 Å². The van der Waals surface area contributed by atoms with Crippen molar-refractivity contribution in [3.8, 4) is 28.7 Å². The highest BCUT2D eigenvalue weighted by molar-refractivity contribution is 7.99. The quantitative estimate of drug-likeness (QED) is 0.0473. The molecule has 0 spiro atoms. The number of Topliss-reactive ketones (excluding diaryl/α,β-unsaturated/α-hetero) is 1. The first-order valence-corrected chi connectivity index (χ1v) is 55.1. The first-order chi connectivity index (χ1) is 59.2. The lowest BCUT2D eigenvalue weighted by Crippen LogP contribution is -2.19. The van der Waals surface area contributed by atoms with Crippen LogP contribution in [0.2, 0.25) is 0 Å². The molecule has 12 aromatic rings. The molecule has 121 heavy (non-hydrogen) atoms. The van der Waals surface area contributed by atoms with Crippen molar-refractivity contribution < 1.29 is 47.1 Å². The molecule has 0 amide bonds. The molecule has 0 atom stereocenters. The van der Waals surface area contributed by atoms with E-state index in [0.29, 0.717) is 102 Å². The molecule has 12 aromatic carbocycles. The zero-order chi connectivity index (χ0) is 84.1. The number of ketones is 1. The zero-order valence-corrected chi connectivity index (χ0v) is 77.0. The summed E-state index contributed by atoms with van der Waals surface area (Å²) < 4.78 is 58.9. The number of halogens is 3. The number of phenolic OH excluding ortho intramolecular Hbond substituents is 2. The fraction of sp³-hybridized carbons (Fsp3) is 0.394. The molecule has 0 aromatic heterocycles. The molecule has 0 saturated carbocycles. The lowest BCUT2D eigenvalue weighted by molar-refractivity contribution is -0.153. The summed E-state index contributed by atoms with van der Waals surface area (Å²) in [5, 5.41) is 31.3. The SMILES string of the molecule is CCCCOc1ccc([S+]2CCCC2)c2ccccc12.COCCOc1ccc([S+]2CCCC2)c2ccccc12.Cc1cc(C)cc([S+]2CCCC2)c1.FC(F)(F)COc1ccc([S+]2CCCC2)c2ccccc12.O=C(C[S+]1CCCC1)c1ccccc1.Oc1ccc([S+]2CCCC2)c2ccccc12.Oc1ccc([S+]2CCCCC2)c2ccccc12. The van der Waals surface area contributed by atoms with E-state index in [1.54, 1.807) is 23.0 Å². The van der Waals surface area contributed by atoms with Crippen LogP contribution in [0.1, 0.15) is 138 Å². The molecule has 7 fully saturated rings. The molecule has 7 aliphatic rings. The Labute approximate surface area is 738 Å². The number of hydrogen-bond donors (Lipinski definition) is 2. The first kappa shape index (κ1) is 91.5. The van der Waals surface area contributed by atoms with Crippen LogP contribution in [0.4, 0.5) is 13.2 Å². The fourth-order valence-electron chi connectivity index (χ4n) is 16.9. The second-order valence-corrected chi connectivity index (χ2v) is 47.8. The van der Waals surface area contributed by atoms with E-state index in [9.17, 15) is 28.2 Å². The maximum Gasteiger partial charge on any atom is 0.422 e. The van der Waals surface area contributed by atoms with E-state index in [2.05, 4.69) is 148 Å². The lowest BCUT2D eigenvalue weighted by Gasteiger charge is -2.15. The first-order valence-electron chi connectivity index (χ1n) is 43.9. The van der Waals surface area contributed by atoms with E-state index in [0.717, 1.165) is 57.4 Å². The summed E-state index contributed by atoms with van der Waals surface area (Å²) >= 11 is 0. The maximum absolute atomic E-state index is 12.3. The van der Waals surface area contributed by atoms with Gasteiger partial charge in [0.25, 0.3) is 0 Å². The highest BCUT2D eigenvalue weighted by Gasteiger charge is 2.36. The summed E-state index contributed by atoms with van der Waals surface area (Å²) in [4.78, 5) is 20.7. The molecule has 638 valence electrons. The molecule has 7 saturated heterocycles. The standard InChI is InChI=1S/C18H23OS.C17H21O2S.C16H16F3OS.C15H16OS.C14H14OS.C12H15OS.C12H17S/c1-2-3-12-19-17-10-11-18(20-13-6-7-14-20)16-9-5-4-8-15(16)17;1-18-10-11-19-16-8-9-17(20-12-4-5-13-20)15-7-3-2-6-14(15)16;17-16(18,19)11-20-14-7-8-15(21-9-3-4-10-21)13-6-2-1-5-12(13)14;16-14-8-9-15(17-10-4-1-5-11-17)13-7-3-2-6-12(13)14;15-13-7-8-14(16-9-3-4-10-16)12-6-2-1-5-11(12)13;13-12(10-14-8-4-5-9-14)11-6-2-1-3-7-11;1-10-7-11(2)9-12(8-10)13-5-3-4-6-13/h4-5,8-11H,2-3,6-7,12-14H2,1H3;2-3,6-9H,4-5,10-13H2,1H3;1-2,5-8H,3-4,9-11H2;2-3,6-9H,1,4-5,10-11H2;1-2,5-8H,3-4,9-10H2;1-3,6-7H,4-5,8-10H2;7-9H,3-6H2,1-2H3/q3*+1;;;2*+1/p+2. The van der Waals surface area contributed by atoms with E-state index >= 15 is 0 Å². The van der Waals surface area contributed by atoms with Crippen LogP contribution in [0.15, 0.2) is 260 Å². The van der Waals surface area contributed by atoms with Crippen LogP contribution in [0, 0.1) is 13.8 Å². The number of hydrogen-bond acceptors (Lipinski definition) is 7. The van der Waals surface area contributed by atoms with E-state index in [-0.39, 0.29) is 10.9 Å². The Hall–Kier alpha value is -7.19. The van der Waals surface area contributed by atoms with Crippen molar-refractivity contribution in [3.05, 3.63) is 247 Å². The van der Waals surface area contributed by atoms with E-state index < -0.39 is 12.8 Å². The van der Waals surface area contributed by atoms with Gasteiger partial charge in [-0.2, -0.15) is 13.2 Å². The summed E-state index contributed by atoms with van der Waals surface area (Å²) in [5.41, 5.74) is 3.73. The van der Waals surface area contributed by atoms with Gasteiger partial charge in [-0.1, -0.05) is 141 Å². The zero-order valence-electron chi connectivity index (χ0n) is 71.3. The van der Waals surface area contributed by atoms with E-state index in [4.69, 9.17) is 18.9 Å². The van der Waals surface area contributed by atoms with Gasteiger partial charge in [-0.3, -0.25) is 4.79 Å². The van der Waals surface area contributed by atoms with Crippen molar-refractivity contribution >= 4 is 136 Å². The third kappa shape index (κ3) is 26.0. The molecule has 19 rings (SSSR count). The Kier molecular flexibility index (Phi) is 35.7. The number of aromatic hydroxyl groups is 2. The van der Waals surface area contributed by atoms with E-state index in [1.807, 2.05) is 97.1 Å². The largest absolute Gasteiger partial charge is 0.507 e. The minimum absolute atomic E-state index is 0.228. The normalized spacial score (nSPS) is 16.7. The molecule has 0 radical (unpaired) electrons. The highest BCUT2D eigenvalue weighted by atomic mass is 32.2. The van der Waals surface area contributed by atoms with Crippen molar-refractivity contribution in [1.29, 1.82) is 0 Å². The molecular weight excluding hydrogens is 1640 g/mol. The van der Waals surface area contributed by atoms with Crippen molar-refractivity contribution in [3.63, 3.8) is 0 Å². The minimum atomic E-state index is -4.31. The van der Waals surface area contributed by atoms with Crippen molar-refractivity contribution in [2.75, 3.05) is 120 Å². The number of methoxy groups -OCH3 is 1. The topological polar surface area (TPSA) is 94.5 Å². The molecule has 7 heterocycles. The molecule has 7 aliphatic heterocycles. The second kappa shape index (κ2) is 47.2. The number of fused-ring (bicyclic) bond motifs is 5. The van der Waals surface area contributed by atoms with Gasteiger partial charge in [0.2, 0.25) is 5.78 Å². The Bertz CT molecular complexity index is 5110. The average molecular weight is 1770 g/mol. The van der Waals surface area contributed by atoms with Crippen LogP contribution in [0.3, 0.4) is 0 Å². The molecule has 0 bridgehead atoms. The van der Waals surface area contributed by atoms with Crippen LogP contribution >= 0.6 is 0 Å². The van der Waals surface area contributed by atoms with Gasteiger partial charge in [0.15, 0.2) is 41.7 Å². The summed E-state index contributed by atoms with van der Waals surface area (Å²) in [5.74, 6) is 22.8. The number of unbranched alkanes of at least 4 members (excludes halogenated alkanes) is 1. The number of alkyl halides is 3. The highest BCUT2D eigenvalue weighted by Crippen LogP contribution is 2.41. The van der Waals surface area contributed by atoms with Gasteiger partial charge >= 0.3 is 6.18 Å². The van der Waals surface area contributed by atoms with Crippen LogP contribution < -0.4 is 14.2 Å². The average Bonchev–Trinajstić information content (AvgIpc) is 1.79. The number of carbonyl (C=O) groups is 1. The molecule has 0 unspecified atom stereocenters. The van der Waals surface area contributed by atoms with Gasteiger partial charge < -0.3 is 29.2 Å². The number of aryl methyl sites for hydroxylation is 2. The predicted molar refractivity (Wildman–Crippen MR) is 522 cm³/mol. The van der Waals surface area contributed by atoms with Crippen molar-refractivity contribution in [2.45, 2.75) is 165 Å². The Morgan fingerprint density at radius 3 is 1.01 bits per heavy atom. The fourth-order valence-corrected chi connectivity index (χ4v) is 34.1. The Balaban J connectivity index is 0.000000123. The predicted octanol–water partition coefficient (Wildman–Crippen LogP) is 25.4. The second-order valence-electron chi connectivity index (χ2n) is 32.0. The third-order valence-corrected chi connectivity index (χ3v) is 40.6. The van der Waals surface area contributed by atoms with Crippen LogP contribution in [0.25, 0.3) is 53.9 Å². The Morgan fingerprint density at radius 2 is 0.645 bits per heavy atom. The number of benzene rings is 12. The number of rotatable bonds is 19. The van der Waals surface area contributed by atoms with Gasteiger partial charge in [0.05, 0.1) is 13.2 Å². The molecule has 7 nitrogen and oxygen atoms in total. The summed E-state index contributed by atoms with van der Waals surface area (Å²) in [6, 6.07) is 78.6. The molecular formula is C104H124F3O7S7+7. The van der Waals surface area contributed by atoms with Crippen molar-refractivity contribution in [2.24, 2.45) is 0 Å². The van der Waals surface area contributed by atoms with Crippen LogP contribution in [0.5, 0.6) is 28.7 Å². The third-order valence-electron chi connectivity index (χ3n) is 23.0. The van der Waals surface area contributed by atoms with E-state index in [1.165, 1.54) is 246 Å².